The van der Waals surface area contributed by atoms with Crippen molar-refractivity contribution in [3.05, 3.63) is 52.9 Å². The van der Waals surface area contributed by atoms with E-state index in [0.717, 1.165) is 5.56 Å². The van der Waals surface area contributed by atoms with Gasteiger partial charge in [-0.25, -0.2) is 9.59 Å². The fraction of sp³-hybridized carbons (Fsp3) is 0.368. The number of carbonyl (C=O) groups is 2. The zero-order valence-electron chi connectivity index (χ0n) is 15.5. The summed E-state index contributed by atoms with van der Waals surface area (Å²) in [5.74, 6) is -0.967. The molecule has 0 radical (unpaired) electrons. The summed E-state index contributed by atoms with van der Waals surface area (Å²) in [6.45, 7) is 9.78. The topological polar surface area (TPSA) is 91.0 Å². The molecule has 0 aliphatic heterocycles. The van der Waals surface area contributed by atoms with E-state index in [-0.39, 0.29) is 29.2 Å². The minimum atomic E-state index is -0.591. The third kappa shape index (κ3) is 4.78. The van der Waals surface area contributed by atoms with Crippen molar-refractivity contribution in [1.29, 1.82) is 0 Å². The first-order valence-electron chi connectivity index (χ1n) is 8.23. The summed E-state index contributed by atoms with van der Waals surface area (Å²) in [7, 11) is 0. The monoisotopic (exact) mass is 358 g/mol. The number of esters is 1. The molecule has 0 aliphatic rings. The maximum Gasteiger partial charge on any atom is 0.365 e. The summed E-state index contributed by atoms with van der Waals surface area (Å²) in [6, 6.07) is 8.54. The van der Waals surface area contributed by atoms with Crippen LogP contribution in [-0.2, 0) is 15.0 Å². The number of hydrogen-bond donors (Lipinski definition) is 0. The van der Waals surface area contributed by atoms with Gasteiger partial charge < -0.3 is 14.1 Å². The Kier molecular flexibility index (Phi) is 5.92. The molecular weight excluding hydrogens is 336 g/mol. The normalized spacial score (nSPS) is 12.0. The quantitative estimate of drug-likeness (QED) is 0.350. The number of hydrogen-bond acceptors (Lipinski definition) is 7. The van der Waals surface area contributed by atoms with E-state index in [9.17, 15) is 9.59 Å². The highest BCUT2D eigenvalue weighted by atomic mass is 16.7. The minimum Gasteiger partial charge on any atom is -0.461 e. The molecule has 0 unspecified atom stereocenters. The third-order valence-corrected chi connectivity index (χ3v) is 3.60. The van der Waals surface area contributed by atoms with Crippen LogP contribution in [0.5, 0.6) is 0 Å². The van der Waals surface area contributed by atoms with Crippen molar-refractivity contribution >= 4 is 17.7 Å². The van der Waals surface area contributed by atoms with E-state index in [4.69, 9.17) is 14.1 Å². The molecule has 0 fully saturated rings. The molecule has 26 heavy (non-hydrogen) atoms. The van der Waals surface area contributed by atoms with Gasteiger partial charge in [0.25, 0.3) is 0 Å². The van der Waals surface area contributed by atoms with Gasteiger partial charge in [-0.15, -0.1) is 0 Å². The first kappa shape index (κ1) is 19.4. The molecule has 0 bridgehead atoms. The molecular formula is C19H22N2O5. The van der Waals surface area contributed by atoms with Crippen LogP contribution in [0, 0.1) is 0 Å². The maximum absolute atomic E-state index is 12.1. The third-order valence-electron chi connectivity index (χ3n) is 3.60. The molecule has 1 aromatic carbocycles. The van der Waals surface area contributed by atoms with Crippen molar-refractivity contribution in [2.45, 2.75) is 40.0 Å². The molecule has 0 aliphatic carbocycles. The highest BCUT2D eigenvalue weighted by Crippen LogP contribution is 2.22. The highest BCUT2D eigenvalue weighted by Gasteiger charge is 2.17. The summed E-state index contributed by atoms with van der Waals surface area (Å²) in [4.78, 5) is 28.6. The Balaban J connectivity index is 2.04. The number of oxime groups is 1. The average Bonchev–Trinajstić information content (AvgIpc) is 3.09. The molecule has 7 heteroatoms. The van der Waals surface area contributed by atoms with E-state index in [0.29, 0.717) is 5.56 Å². The van der Waals surface area contributed by atoms with E-state index in [1.165, 1.54) is 6.07 Å². The Morgan fingerprint density at radius 3 is 2.38 bits per heavy atom. The van der Waals surface area contributed by atoms with Crippen LogP contribution in [0.4, 0.5) is 0 Å². The zero-order chi connectivity index (χ0) is 19.3. The van der Waals surface area contributed by atoms with E-state index < -0.39 is 11.9 Å². The predicted octanol–water partition coefficient (Wildman–Crippen LogP) is 3.73. The molecule has 0 saturated heterocycles. The second kappa shape index (κ2) is 7.95. The van der Waals surface area contributed by atoms with Crippen molar-refractivity contribution in [2.75, 3.05) is 6.61 Å². The molecule has 138 valence electrons. The molecule has 0 spiro atoms. The molecule has 0 atom stereocenters. The van der Waals surface area contributed by atoms with Crippen LogP contribution in [0.3, 0.4) is 0 Å². The average molecular weight is 358 g/mol. The first-order chi connectivity index (χ1) is 12.2. The van der Waals surface area contributed by atoms with E-state index in [2.05, 4.69) is 31.1 Å². The zero-order valence-corrected chi connectivity index (χ0v) is 15.5. The molecule has 1 heterocycles. The van der Waals surface area contributed by atoms with Crippen LogP contribution in [0.1, 0.15) is 66.8 Å². The van der Waals surface area contributed by atoms with Gasteiger partial charge in [0.1, 0.15) is 5.71 Å². The first-order valence-corrected chi connectivity index (χ1v) is 8.23. The summed E-state index contributed by atoms with van der Waals surface area (Å²) < 4.78 is 9.84. The Morgan fingerprint density at radius 2 is 1.81 bits per heavy atom. The smallest absolute Gasteiger partial charge is 0.365 e. The van der Waals surface area contributed by atoms with Gasteiger partial charge in [0, 0.05) is 6.07 Å². The second-order valence-corrected chi connectivity index (χ2v) is 6.68. The van der Waals surface area contributed by atoms with Crippen LogP contribution >= 0.6 is 0 Å². The van der Waals surface area contributed by atoms with Crippen molar-refractivity contribution in [3.63, 3.8) is 0 Å². The molecule has 0 N–H and O–H groups in total. The van der Waals surface area contributed by atoms with Gasteiger partial charge in [-0.2, -0.15) is 0 Å². The van der Waals surface area contributed by atoms with E-state index in [1.807, 2.05) is 12.1 Å². The van der Waals surface area contributed by atoms with E-state index in [1.54, 1.807) is 26.0 Å². The summed E-state index contributed by atoms with van der Waals surface area (Å²) in [5.41, 5.74) is 1.80. The van der Waals surface area contributed by atoms with Crippen LogP contribution in [0.25, 0.3) is 0 Å². The number of nitrogens with zero attached hydrogens (tertiary/aromatic N) is 2. The minimum absolute atomic E-state index is 0.0000939. The van der Waals surface area contributed by atoms with Crippen molar-refractivity contribution in [1.82, 2.24) is 5.16 Å². The summed E-state index contributed by atoms with van der Waals surface area (Å²) in [6.07, 6.45) is 0. The van der Waals surface area contributed by atoms with Crippen LogP contribution in [0.2, 0.25) is 0 Å². The Morgan fingerprint density at radius 1 is 1.15 bits per heavy atom. The van der Waals surface area contributed by atoms with Gasteiger partial charge in [-0.3, -0.25) is 0 Å². The molecule has 7 nitrogen and oxygen atoms in total. The molecule has 0 amide bonds. The second-order valence-electron chi connectivity index (χ2n) is 6.68. The fourth-order valence-corrected chi connectivity index (χ4v) is 2.06. The number of ether oxygens (including phenoxy) is 1. The lowest BCUT2D eigenvalue weighted by Crippen LogP contribution is -2.11. The number of rotatable bonds is 5. The Bertz CT molecular complexity index is 813. The SMILES string of the molecule is CCOC(=O)c1cc(/C(C)=N/OC(=O)c2ccc(C(C)(C)C)cc2)on1. The summed E-state index contributed by atoms with van der Waals surface area (Å²) >= 11 is 0. The van der Waals surface area contributed by atoms with Gasteiger partial charge in [0.15, 0.2) is 11.5 Å². The number of carbonyl (C=O) groups excluding carboxylic acids is 2. The molecule has 1 aromatic heterocycles. The Labute approximate surface area is 152 Å². The Hall–Kier alpha value is -2.96. The number of benzene rings is 1. The summed E-state index contributed by atoms with van der Waals surface area (Å²) in [5, 5.41) is 7.34. The fourth-order valence-electron chi connectivity index (χ4n) is 2.06. The molecule has 0 saturated carbocycles. The van der Waals surface area contributed by atoms with Crippen molar-refractivity contribution in [3.8, 4) is 0 Å². The lowest BCUT2D eigenvalue weighted by atomic mass is 9.87. The van der Waals surface area contributed by atoms with Crippen LogP contribution in [0.15, 0.2) is 40.0 Å². The van der Waals surface area contributed by atoms with Gasteiger partial charge in [0.05, 0.1) is 12.2 Å². The molecule has 2 aromatic rings. The lowest BCUT2D eigenvalue weighted by Gasteiger charge is -2.18. The standard InChI is InChI=1S/C19H22N2O5/c1-6-24-18(23)15-11-16(25-21-15)12(2)20-26-17(22)13-7-9-14(10-8-13)19(3,4)5/h7-11H,6H2,1-5H3/b20-12+. The predicted molar refractivity (Wildman–Crippen MR) is 95.2 cm³/mol. The van der Waals surface area contributed by atoms with Gasteiger partial charge in [0.2, 0.25) is 0 Å². The van der Waals surface area contributed by atoms with Gasteiger partial charge >= 0.3 is 11.9 Å². The van der Waals surface area contributed by atoms with Gasteiger partial charge in [-0.1, -0.05) is 43.2 Å². The molecule has 2 rings (SSSR count). The largest absolute Gasteiger partial charge is 0.461 e. The van der Waals surface area contributed by atoms with Crippen molar-refractivity contribution < 1.29 is 23.7 Å². The van der Waals surface area contributed by atoms with Crippen LogP contribution in [-0.4, -0.2) is 29.4 Å². The van der Waals surface area contributed by atoms with Gasteiger partial charge in [-0.05, 0) is 37.0 Å². The highest BCUT2D eigenvalue weighted by molar-refractivity contribution is 5.98. The van der Waals surface area contributed by atoms with E-state index >= 15 is 0 Å². The maximum atomic E-state index is 12.1. The number of aromatic nitrogens is 1. The lowest BCUT2D eigenvalue weighted by molar-refractivity contribution is 0.0507. The van der Waals surface area contributed by atoms with Crippen molar-refractivity contribution in [2.24, 2.45) is 5.16 Å². The van der Waals surface area contributed by atoms with Crippen LogP contribution < -0.4 is 0 Å².